The maximum atomic E-state index is 12.6. The molecule has 2 rings (SSSR count). The number of para-hydroxylation sites is 1. The lowest BCUT2D eigenvalue weighted by atomic mass is 10.0. The molecule has 0 bridgehead atoms. The summed E-state index contributed by atoms with van der Waals surface area (Å²) in [6, 6.07) is 6.17. The number of rotatable bonds is 5. The molecular weight excluding hydrogens is 334 g/mol. The third kappa shape index (κ3) is 3.56. The second-order valence-corrected chi connectivity index (χ2v) is 6.98. The van der Waals surface area contributed by atoms with Crippen molar-refractivity contribution in [2.75, 3.05) is 7.11 Å². The smallest absolute Gasteiger partial charge is 0.266 e. The standard InChI is InChI=1S/C16H17NO4S2/c1-9(2)13(15(19)20)17-14(18)12(23-16(17)22)8-10-6-4-5-7-11(10)21-3/h4-9,13H,1-3H3,(H,19,20)/p-1. The Bertz CT molecular complexity index is 684. The fourth-order valence-electron chi connectivity index (χ4n) is 2.32. The number of amides is 1. The molecule has 23 heavy (non-hydrogen) atoms. The Labute approximate surface area is 144 Å². The Morgan fingerprint density at radius 1 is 1.39 bits per heavy atom. The summed E-state index contributed by atoms with van der Waals surface area (Å²) < 4.78 is 5.47. The first-order valence-electron chi connectivity index (χ1n) is 6.97. The van der Waals surface area contributed by atoms with Crippen molar-refractivity contribution in [3.05, 3.63) is 34.7 Å². The van der Waals surface area contributed by atoms with Crippen LogP contribution >= 0.6 is 24.0 Å². The van der Waals surface area contributed by atoms with Crippen LogP contribution in [0.3, 0.4) is 0 Å². The van der Waals surface area contributed by atoms with Crippen LogP contribution < -0.4 is 9.84 Å². The largest absolute Gasteiger partial charge is 0.548 e. The Morgan fingerprint density at radius 3 is 2.61 bits per heavy atom. The number of aliphatic carboxylic acids is 1. The highest BCUT2D eigenvalue weighted by Crippen LogP contribution is 2.36. The third-order valence-corrected chi connectivity index (χ3v) is 4.73. The predicted molar refractivity (Wildman–Crippen MR) is 91.6 cm³/mol. The molecule has 0 aromatic heterocycles. The Hall–Kier alpha value is -1.86. The van der Waals surface area contributed by atoms with Crippen molar-refractivity contribution in [3.63, 3.8) is 0 Å². The van der Waals surface area contributed by atoms with Gasteiger partial charge < -0.3 is 14.6 Å². The minimum Gasteiger partial charge on any atom is -0.548 e. The van der Waals surface area contributed by atoms with E-state index in [1.54, 1.807) is 33.1 Å². The molecule has 5 nitrogen and oxygen atoms in total. The molecule has 1 atom stereocenters. The molecule has 1 aliphatic rings. The quantitative estimate of drug-likeness (QED) is 0.594. The van der Waals surface area contributed by atoms with Crippen LogP contribution in [0.2, 0.25) is 0 Å². The van der Waals surface area contributed by atoms with Gasteiger partial charge in [-0.15, -0.1) is 0 Å². The molecule has 1 unspecified atom stereocenters. The van der Waals surface area contributed by atoms with E-state index in [2.05, 4.69) is 0 Å². The van der Waals surface area contributed by atoms with Gasteiger partial charge >= 0.3 is 0 Å². The molecule has 1 aliphatic heterocycles. The Balaban J connectivity index is 2.38. The lowest BCUT2D eigenvalue weighted by Crippen LogP contribution is -2.52. The van der Waals surface area contributed by atoms with Gasteiger partial charge in [0.15, 0.2) is 0 Å². The zero-order valence-electron chi connectivity index (χ0n) is 12.9. The lowest BCUT2D eigenvalue weighted by Gasteiger charge is -2.30. The number of carboxylic acids is 1. The molecule has 1 amide bonds. The number of carbonyl (C=O) groups excluding carboxylic acids is 2. The van der Waals surface area contributed by atoms with Crippen LogP contribution in [0.5, 0.6) is 5.75 Å². The summed E-state index contributed by atoms with van der Waals surface area (Å²) in [5.74, 6) is -1.42. The van der Waals surface area contributed by atoms with Gasteiger partial charge in [-0.2, -0.15) is 0 Å². The van der Waals surface area contributed by atoms with Crippen molar-refractivity contribution in [3.8, 4) is 5.75 Å². The number of carboxylic acid groups (broad SMARTS) is 1. The molecule has 1 heterocycles. The summed E-state index contributed by atoms with van der Waals surface area (Å²) in [7, 11) is 1.54. The average Bonchev–Trinajstić information content (AvgIpc) is 2.75. The fraction of sp³-hybridized carbons (Fsp3) is 0.312. The molecule has 122 valence electrons. The van der Waals surface area contributed by atoms with E-state index < -0.39 is 17.9 Å². The average molecular weight is 350 g/mol. The van der Waals surface area contributed by atoms with E-state index in [-0.39, 0.29) is 10.2 Å². The molecule has 1 fully saturated rings. The Kier molecular flexibility index (Phi) is 5.43. The number of hydrogen-bond acceptors (Lipinski definition) is 6. The highest BCUT2D eigenvalue weighted by molar-refractivity contribution is 8.26. The first-order chi connectivity index (χ1) is 10.9. The van der Waals surface area contributed by atoms with Crippen molar-refractivity contribution in [1.29, 1.82) is 0 Å². The maximum Gasteiger partial charge on any atom is 0.266 e. The summed E-state index contributed by atoms with van der Waals surface area (Å²) >= 11 is 6.27. The fourth-order valence-corrected chi connectivity index (χ4v) is 3.64. The molecule has 1 aromatic carbocycles. The highest BCUT2D eigenvalue weighted by atomic mass is 32.2. The monoisotopic (exact) mass is 350 g/mol. The van der Waals surface area contributed by atoms with Crippen LogP contribution in [0, 0.1) is 5.92 Å². The van der Waals surface area contributed by atoms with Crippen molar-refractivity contribution in [2.24, 2.45) is 5.92 Å². The van der Waals surface area contributed by atoms with Gasteiger partial charge in [-0.05, 0) is 18.1 Å². The van der Waals surface area contributed by atoms with Gasteiger partial charge in [0.05, 0.1) is 24.0 Å². The molecule has 0 aliphatic carbocycles. The highest BCUT2D eigenvalue weighted by Gasteiger charge is 2.39. The topological polar surface area (TPSA) is 69.7 Å². The van der Waals surface area contributed by atoms with E-state index in [9.17, 15) is 14.7 Å². The van der Waals surface area contributed by atoms with Crippen LogP contribution in [0.15, 0.2) is 29.2 Å². The number of carbonyl (C=O) groups is 2. The van der Waals surface area contributed by atoms with Crippen LogP contribution in [-0.2, 0) is 9.59 Å². The SMILES string of the molecule is COc1ccccc1C=C1SC(=S)N(C(C(=O)[O-])C(C)C)C1=O. The summed E-state index contributed by atoms with van der Waals surface area (Å²) in [5.41, 5.74) is 0.727. The first kappa shape index (κ1) is 17.5. The van der Waals surface area contributed by atoms with Gasteiger partial charge in [-0.1, -0.05) is 56.0 Å². The van der Waals surface area contributed by atoms with Crippen molar-refractivity contribution >= 4 is 46.3 Å². The van der Waals surface area contributed by atoms with Gasteiger partial charge in [0.2, 0.25) is 0 Å². The molecule has 0 spiro atoms. The van der Waals surface area contributed by atoms with Crippen LogP contribution in [0.4, 0.5) is 0 Å². The predicted octanol–water partition coefficient (Wildman–Crippen LogP) is 1.67. The molecule has 0 radical (unpaired) electrons. The first-order valence-corrected chi connectivity index (χ1v) is 8.20. The summed E-state index contributed by atoms with van der Waals surface area (Å²) in [5, 5.41) is 11.4. The van der Waals surface area contributed by atoms with Crippen molar-refractivity contribution < 1.29 is 19.4 Å². The van der Waals surface area contributed by atoms with Gasteiger partial charge in [0, 0.05) is 5.56 Å². The summed E-state index contributed by atoms with van der Waals surface area (Å²) in [6.45, 7) is 3.42. The van der Waals surface area contributed by atoms with Gasteiger partial charge in [-0.25, -0.2) is 0 Å². The van der Waals surface area contributed by atoms with E-state index in [0.29, 0.717) is 10.7 Å². The normalized spacial score (nSPS) is 17.9. The van der Waals surface area contributed by atoms with E-state index in [4.69, 9.17) is 17.0 Å². The second kappa shape index (κ2) is 7.14. The molecule has 1 aromatic rings. The van der Waals surface area contributed by atoms with Gasteiger partial charge in [0.1, 0.15) is 10.1 Å². The minimum absolute atomic E-state index is 0.221. The molecular formula is C16H16NO4S2-. The van der Waals surface area contributed by atoms with E-state index >= 15 is 0 Å². The number of hydrogen-bond donors (Lipinski definition) is 0. The summed E-state index contributed by atoms with van der Waals surface area (Å²) in [6.07, 6.45) is 1.66. The lowest BCUT2D eigenvalue weighted by molar-refractivity contribution is -0.311. The zero-order chi connectivity index (χ0) is 17.1. The number of ether oxygens (including phenoxy) is 1. The molecule has 7 heteroatoms. The van der Waals surface area contributed by atoms with Gasteiger partial charge in [-0.3, -0.25) is 9.69 Å². The number of benzene rings is 1. The van der Waals surface area contributed by atoms with E-state index in [1.807, 2.05) is 18.2 Å². The number of methoxy groups -OCH3 is 1. The second-order valence-electron chi connectivity index (χ2n) is 5.30. The number of thioether (sulfide) groups is 1. The van der Waals surface area contributed by atoms with Crippen LogP contribution in [0.1, 0.15) is 19.4 Å². The minimum atomic E-state index is -1.31. The Morgan fingerprint density at radius 2 is 2.04 bits per heavy atom. The number of thiocarbonyl (C=S) groups is 1. The molecule has 0 saturated carbocycles. The summed E-state index contributed by atoms with van der Waals surface area (Å²) in [4.78, 5) is 25.5. The number of nitrogens with zero attached hydrogens (tertiary/aromatic N) is 1. The van der Waals surface area contributed by atoms with Crippen molar-refractivity contribution in [1.82, 2.24) is 4.90 Å². The van der Waals surface area contributed by atoms with Crippen molar-refractivity contribution in [2.45, 2.75) is 19.9 Å². The van der Waals surface area contributed by atoms with E-state index in [1.165, 1.54) is 0 Å². The van der Waals surface area contributed by atoms with Gasteiger partial charge in [0.25, 0.3) is 5.91 Å². The zero-order valence-corrected chi connectivity index (χ0v) is 14.6. The third-order valence-electron chi connectivity index (χ3n) is 3.40. The van der Waals surface area contributed by atoms with Crippen LogP contribution in [-0.4, -0.2) is 34.2 Å². The van der Waals surface area contributed by atoms with Crippen LogP contribution in [0.25, 0.3) is 6.08 Å². The molecule has 0 N–H and O–H groups in total. The molecule has 1 saturated heterocycles. The maximum absolute atomic E-state index is 12.6. The van der Waals surface area contributed by atoms with E-state index in [0.717, 1.165) is 22.2 Å².